The topological polar surface area (TPSA) is 83.8 Å². The molecule has 1 N–H and O–H groups in total. The number of aromatic nitrogens is 1. The average Bonchev–Trinajstić information content (AvgIpc) is 3.03. The molecule has 0 radical (unpaired) electrons. The predicted molar refractivity (Wildman–Crippen MR) is 139 cm³/mol. The van der Waals surface area contributed by atoms with E-state index in [-0.39, 0.29) is 6.54 Å². The van der Waals surface area contributed by atoms with Crippen LogP contribution in [0.4, 0.5) is 5.69 Å². The number of hydrogen-bond acceptors (Lipinski definition) is 4. The van der Waals surface area contributed by atoms with E-state index in [9.17, 15) is 13.2 Å². The monoisotopic (exact) mass is 520 g/mol. The summed E-state index contributed by atoms with van der Waals surface area (Å²) in [5.41, 5.74) is 8.29. The van der Waals surface area contributed by atoms with Gasteiger partial charge in [0.15, 0.2) is 0 Å². The third-order valence-corrected chi connectivity index (χ3v) is 7.37. The molecule has 0 aliphatic heterocycles. The van der Waals surface area contributed by atoms with Gasteiger partial charge in [-0.3, -0.25) is 9.10 Å². The van der Waals surface area contributed by atoms with Crippen molar-refractivity contribution in [3.8, 4) is 5.69 Å². The Hall–Kier alpha value is -2.81. The van der Waals surface area contributed by atoms with Crippen LogP contribution in [0, 0.1) is 27.7 Å². The van der Waals surface area contributed by atoms with Gasteiger partial charge in [0.1, 0.15) is 6.54 Å². The van der Waals surface area contributed by atoms with E-state index in [4.69, 9.17) is 23.2 Å². The van der Waals surface area contributed by atoms with Crippen molar-refractivity contribution in [3.05, 3.63) is 80.6 Å². The fraction of sp³-hybridized carbons (Fsp3) is 0.250. The van der Waals surface area contributed by atoms with E-state index in [0.29, 0.717) is 15.7 Å². The van der Waals surface area contributed by atoms with Crippen LogP contribution in [0.15, 0.2) is 47.6 Å². The largest absolute Gasteiger partial charge is 0.318 e. The van der Waals surface area contributed by atoms with Crippen molar-refractivity contribution in [2.75, 3.05) is 17.1 Å². The van der Waals surface area contributed by atoms with Crippen molar-refractivity contribution in [1.82, 2.24) is 9.99 Å². The van der Waals surface area contributed by atoms with Crippen LogP contribution >= 0.6 is 23.2 Å². The van der Waals surface area contributed by atoms with Crippen molar-refractivity contribution < 1.29 is 13.2 Å². The number of rotatable bonds is 7. The van der Waals surface area contributed by atoms with Gasteiger partial charge in [0, 0.05) is 22.6 Å². The Morgan fingerprint density at radius 2 is 1.74 bits per heavy atom. The zero-order valence-corrected chi connectivity index (χ0v) is 21.9. The number of sulfonamides is 1. The Morgan fingerprint density at radius 3 is 2.35 bits per heavy atom. The first-order valence-electron chi connectivity index (χ1n) is 10.4. The number of carbonyl (C=O) groups excluding carboxylic acids is 1. The van der Waals surface area contributed by atoms with Crippen LogP contribution in [0.2, 0.25) is 10.0 Å². The minimum atomic E-state index is -3.67. The van der Waals surface area contributed by atoms with E-state index < -0.39 is 15.9 Å². The Morgan fingerprint density at radius 1 is 1.03 bits per heavy atom. The Balaban J connectivity index is 1.76. The van der Waals surface area contributed by atoms with Crippen LogP contribution in [0.1, 0.15) is 28.1 Å². The molecule has 34 heavy (non-hydrogen) atoms. The Bertz CT molecular complexity index is 1380. The molecule has 7 nitrogen and oxygen atoms in total. The molecular weight excluding hydrogens is 495 g/mol. The minimum absolute atomic E-state index is 0.388. The molecule has 0 aliphatic carbocycles. The van der Waals surface area contributed by atoms with E-state index in [2.05, 4.69) is 10.5 Å². The molecule has 0 bridgehead atoms. The van der Waals surface area contributed by atoms with Crippen LogP contribution in [0.25, 0.3) is 5.69 Å². The number of nitrogens with zero attached hydrogens (tertiary/aromatic N) is 3. The molecule has 3 rings (SSSR count). The molecule has 0 unspecified atom stereocenters. The molecule has 3 aromatic rings. The van der Waals surface area contributed by atoms with Gasteiger partial charge in [-0.2, -0.15) is 5.10 Å². The van der Waals surface area contributed by atoms with Gasteiger partial charge in [0.25, 0.3) is 5.91 Å². The second-order valence-corrected chi connectivity index (χ2v) is 10.8. The van der Waals surface area contributed by atoms with Crippen LogP contribution in [0.3, 0.4) is 0 Å². The van der Waals surface area contributed by atoms with Gasteiger partial charge >= 0.3 is 0 Å². The number of carbonyl (C=O) groups is 1. The standard InChI is InChI=1S/C24H26Cl2N4O3S/c1-15-6-7-20(10-16(15)2)29(34(5,32)33)14-24(31)28-27-13-19-11-17(3)30(18(19)4)21-8-9-22(25)23(26)12-21/h6-13H,14H2,1-5H3,(H,28,31)/b27-13-. The molecule has 0 fully saturated rings. The number of halogens is 2. The number of nitrogens with one attached hydrogen (secondary N) is 1. The average molecular weight is 521 g/mol. The summed E-state index contributed by atoms with van der Waals surface area (Å²) in [4.78, 5) is 12.5. The van der Waals surface area contributed by atoms with E-state index >= 15 is 0 Å². The van der Waals surface area contributed by atoms with Crippen LogP contribution in [-0.2, 0) is 14.8 Å². The fourth-order valence-corrected chi connectivity index (χ4v) is 4.70. The molecule has 0 spiro atoms. The van der Waals surface area contributed by atoms with Gasteiger partial charge in [0.2, 0.25) is 10.0 Å². The number of benzene rings is 2. The van der Waals surface area contributed by atoms with Crippen molar-refractivity contribution in [2.45, 2.75) is 27.7 Å². The first-order valence-corrected chi connectivity index (χ1v) is 13.0. The normalized spacial score (nSPS) is 11.7. The number of hydrazone groups is 1. The predicted octanol–water partition coefficient (Wildman–Crippen LogP) is 4.93. The molecule has 2 aromatic carbocycles. The van der Waals surface area contributed by atoms with Gasteiger partial charge < -0.3 is 4.57 Å². The maximum atomic E-state index is 12.5. The quantitative estimate of drug-likeness (QED) is 0.353. The number of anilines is 1. The third-order valence-electron chi connectivity index (χ3n) is 5.49. The number of aryl methyl sites for hydroxylation is 3. The molecule has 0 atom stereocenters. The fourth-order valence-electron chi connectivity index (χ4n) is 3.56. The second kappa shape index (κ2) is 10.2. The summed E-state index contributed by atoms with van der Waals surface area (Å²) in [6, 6.07) is 12.5. The zero-order valence-electron chi connectivity index (χ0n) is 19.6. The van der Waals surface area contributed by atoms with Crippen molar-refractivity contribution >= 4 is 51.0 Å². The maximum Gasteiger partial charge on any atom is 0.260 e. The molecule has 1 heterocycles. The lowest BCUT2D eigenvalue weighted by Crippen LogP contribution is -2.39. The Labute approximate surface area is 210 Å². The highest BCUT2D eigenvalue weighted by atomic mass is 35.5. The van der Waals surface area contributed by atoms with Gasteiger partial charge in [-0.1, -0.05) is 29.3 Å². The van der Waals surface area contributed by atoms with Crippen LogP contribution < -0.4 is 9.73 Å². The van der Waals surface area contributed by atoms with Gasteiger partial charge in [-0.15, -0.1) is 0 Å². The second-order valence-electron chi connectivity index (χ2n) is 8.09. The molecule has 0 saturated carbocycles. The summed E-state index contributed by atoms with van der Waals surface area (Å²) >= 11 is 12.2. The van der Waals surface area contributed by atoms with Gasteiger partial charge in [-0.05, 0) is 75.2 Å². The highest BCUT2D eigenvalue weighted by molar-refractivity contribution is 7.92. The highest BCUT2D eigenvalue weighted by Gasteiger charge is 2.21. The van der Waals surface area contributed by atoms with Crippen LogP contribution in [-0.4, -0.2) is 37.9 Å². The van der Waals surface area contributed by atoms with Crippen molar-refractivity contribution in [2.24, 2.45) is 5.10 Å². The van der Waals surface area contributed by atoms with Crippen molar-refractivity contribution in [1.29, 1.82) is 0 Å². The summed E-state index contributed by atoms with van der Waals surface area (Å²) in [5, 5.41) is 4.96. The SMILES string of the molecule is Cc1ccc(N(CC(=O)N/N=C\c2cc(C)n(-c3ccc(Cl)c(Cl)c3)c2C)S(C)(=O)=O)cc1C. The summed E-state index contributed by atoms with van der Waals surface area (Å²) in [6.45, 7) is 7.30. The maximum absolute atomic E-state index is 12.5. The molecular formula is C24H26Cl2N4O3S. The third kappa shape index (κ3) is 5.81. The van der Waals surface area contributed by atoms with Crippen LogP contribution in [0.5, 0.6) is 0 Å². The summed E-state index contributed by atoms with van der Waals surface area (Å²) in [5.74, 6) is -0.557. The molecule has 0 saturated heterocycles. The van der Waals surface area contributed by atoms with E-state index in [1.54, 1.807) is 24.3 Å². The summed E-state index contributed by atoms with van der Waals surface area (Å²) in [6.07, 6.45) is 2.59. The van der Waals surface area contributed by atoms with E-state index in [1.165, 1.54) is 6.21 Å². The van der Waals surface area contributed by atoms with E-state index in [0.717, 1.165) is 44.3 Å². The molecule has 1 amide bonds. The number of hydrogen-bond donors (Lipinski definition) is 1. The molecule has 1 aromatic heterocycles. The lowest BCUT2D eigenvalue weighted by atomic mass is 10.1. The first-order chi connectivity index (χ1) is 15.9. The lowest BCUT2D eigenvalue weighted by molar-refractivity contribution is -0.119. The molecule has 180 valence electrons. The van der Waals surface area contributed by atoms with E-state index in [1.807, 2.05) is 50.5 Å². The summed E-state index contributed by atoms with van der Waals surface area (Å²) in [7, 11) is -3.67. The van der Waals surface area contributed by atoms with Crippen molar-refractivity contribution in [3.63, 3.8) is 0 Å². The number of amides is 1. The Kier molecular flexibility index (Phi) is 7.75. The van der Waals surface area contributed by atoms with Gasteiger partial charge in [-0.25, -0.2) is 13.8 Å². The smallest absolute Gasteiger partial charge is 0.260 e. The zero-order chi connectivity index (χ0) is 25.2. The molecule has 0 aliphatic rings. The molecule has 10 heteroatoms. The van der Waals surface area contributed by atoms with Gasteiger partial charge in [0.05, 0.1) is 28.2 Å². The lowest BCUT2D eigenvalue weighted by Gasteiger charge is -2.22. The minimum Gasteiger partial charge on any atom is -0.318 e. The first kappa shape index (κ1) is 25.8. The highest BCUT2D eigenvalue weighted by Crippen LogP contribution is 2.27. The summed E-state index contributed by atoms with van der Waals surface area (Å²) < 4.78 is 27.7.